The van der Waals surface area contributed by atoms with Gasteiger partial charge in [-0.15, -0.1) is 0 Å². The first kappa shape index (κ1) is 14.8. The third-order valence-corrected chi connectivity index (χ3v) is 4.66. The molecule has 5 nitrogen and oxygen atoms in total. The van der Waals surface area contributed by atoms with E-state index >= 15 is 0 Å². The summed E-state index contributed by atoms with van der Waals surface area (Å²) in [6.07, 6.45) is 7.46. The third-order valence-electron chi connectivity index (χ3n) is 4.66. The summed E-state index contributed by atoms with van der Waals surface area (Å²) in [5.74, 6) is 1.79. The summed E-state index contributed by atoms with van der Waals surface area (Å²) in [6, 6.07) is 7.94. The molecular weight excluding hydrogens is 306 g/mol. The lowest BCUT2D eigenvalue weighted by Gasteiger charge is -2.42. The maximum Gasteiger partial charge on any atom is 0.211 e. The maximum atomic E-state index is 6.10. The van der Waals surface area contributed by atoms with Gasteiger partial charge in [0.15, 0.2) is 11.5 Å². The molecule has 2 atom stereocenters. The minimum Gasteiger partial charge on any atom is -0.493 e. The van der Waals surface area contributed by atoms with Crippen LogP contribution < -0.4 is 5.32 Å². The predicted molar refractivity (Wildman–Crippen MR) is 90.9 cm³/mol. The number of allylic oxidation sites excluding steroid dienone is 2. The Labute approximate surface area is 140 Å². The minimum absolute atomic E-state index is 0.181. The van der Waals surface area contributed by atoms with Crippen LogP contribution in [0.4, 0.5) is 5.69 Å². The average Bonchev–Trinajstić information content (AvgIpc) is 3.03. The first-order valence-electron chi connectivity index (χ1n) is 7.76. The van der Waals surface area contributed by atoms with Crippen molar-refractivity contribution in [1.29, 1.82) is 0 Å². The zero-order chi connectivity index (χ0) is 16.7. The number of fused-ring (bicyclic) bond motifs is 4. The van der Waals surface area contributed by atoms with Gasteiger partial charge in [-0.2, -0.15) is 0 Å². The van der Waals surface area contributed by atoms with Gasteiger partial charge >= 0.3 is 0 Å². The Hall–Kier alpha value is -2.82. The Morgan fingerprint density at radius 2 is 1.79 bits per heavy atom. The molecule has 0 fully saturated rings. The van der Waals surface area contributed by atoms with Crippen LogP contribution in [0.2, 0.25) is 0 Å². The second kappa shape index (κ2) is 5.37. The molecule has 2 unspecified atom stereocenters. The van der Waals surface area contributed by atoms with Crippen LogP contribution in [0.5, 0.6) is 0 Å². The van der Waals surface area contributed by atoms with E-state index in [0.29, 0.717) is 17.3 Å². The van der Waals surface area contributed by atoms with Gasteiger partial charge in [0, 0.05) is 16.8 Å². The quantitative estimate of drug-likeness (QED) is 0.925. The summed E-state index contributed by atoms with van der Waals surface area (Å²) in [5, 5.41) is 3.55. The molecule has 2 heterocycles. The van der Waals surface area contributed by atoms with Crippen molar-refractivity contribution in [2.24, 2.45) is 0 Å². The number of benzene rings is 1. The number of ether oxygens (including phenoxy) is 4. The number of hydrogen-bond acceptors (Lipinski definition) is 5. The van der Waals surface area contributed by atoms with Gasteiger partial charge in [-0.1, -0.05) is 24.3 Å². The molecule has 2 aliphatic heterocycles. The van der Waals surface area contributed by atoms with Crippen molar-refractivity contribution < 1.29 is 18.9 Å². The number of hydrogen-bond donors (Lipinski definition) is 1. The van der Waals surface area contributed by atoms with Crippen LogP contribution in [0.25, 0.3) is 5.57 Å². The Kier molecular flexibility index (Phi) is 3.30. The summed E-state index contributed by atoms with van der Waals surface area (Å²) in [6.45, 7) is 0. The van der Waals surface area contributed by atoms with Gasteiger partial charge in [0.1, 0.15) is 6.04 Å². The van der Waals surface area contributed by atoms with Crippen molar-refractivity contribution >= 4 is 11.3 Å². The van der Waals surface area contributed by atoms with E-state index in [1.54, 1.807) is 27.6 Å². The SMILES string of the molecule is COC1=C2c3ccccc3NC2C2(C=CC=CO2)C(OC)=C1OC. The average molecular weight is 325 g/mol. The predicted octanol–water partition coefficient (Wildman–Crippen LogP) is 3.20. The molecule has 0 bridgehead atoms. The fourth-order valence-corrected chi connectivity index (χ4v) is 3.70. The fourth-order valence-electron chi connectivity index (χ4n) is 3.70. The van der Waals surface area contributed by atoms with Crippen LogP contribution in [-0.4, -0.2) is 33.0 Å². The van der Waals surface area contributed by atoms with E-state index in [1.807, 2.05) is 36.4 Å². The second-order valence-corrected chi connectivity index (χ2v) is 5.73. The summed E-state index contributed by atoms with van der Waals surface area (Å²) >= 11 is 0. The molecule has 1 aliphatic carbocycles. The molecule has 0 saturated heterocycles. The van der Waals surface area contributed by atoms with Crippen LogP contribution >= 0.6 is 0 Å². The lowest BCUT2D eigenvalue weighted by atomic mass is 9.79. The number of methoxy groups -OCH3 is 3. The fraction of sp³-hybridized carbons (Fsp3) is 0.263. The van der Waals surface area contributed by atoms with Crippen molar-refractivity contribution in [1.82, 2.24) is 0 Å². The van der Waals surface area contributed by atoms with E-state index in [1.165, 1.54) is 0 Å². The van der Waals surface area contributed by atoms with E-state index in [-0.39, 0.29) is 6.04 Å². The normalized spacial score (nSPS) is 26.7. The molecule has 0 radical (unpaired) electrons. The Balaban J connectivity index is 2.02. The molecule has 0 amide bonds. The van der Waals surface area contributed by atoms with Crippen LogP contribution in [0.15, 0.2) is 66.0 Å². The van der Waals surface area contributed by atoms with Crippen molar-refractivity contribution in [3.8, 4) is 0 Å². The molecule has 1 N–H and O–H groups in total. The Morgan fingerprint density at radius 3 is 2.46 bits per heavy atom. The summed E-state index contributed by atoms with van der Waals surface area (Å²) < 4.78 is 23.2. The summed E-state index contributed by atoms with van der Waals surface area (Å²) in [5.41, 5.74) is 2.29. The highest BCUT2D eigenvalue weighted by molar-refractivity contribution is 5.92. The minimum atomic E-state index is -0.828. The second-order valence-electron chi connectivity index (χ2n) is 5.73. The standard InChI is InChI=1S/C19H19NO4/c1-21-15-14-12-8-4-5-9-13(12)20-17(14)19(10-6-7-11-24-19)18(23-3)16(15)22-2/h4-11,17,20H,1-3H3. The van der Waals surface area contributed by atoms with Gasteiger partial charge in [0.2, 0.25) is 11.4 Å². The highest BCUT2D eigenvalue weighted by Gasteiger charge is 2.55. The van der Waals surface area contributed by atoms with E-state index in [9.17, 15) is 0 Å². The highest BCUT2D eigenvalue weighted by atomic mass is 16.6. The maximum absolute atomic E-state index is 6.10. The van der Waals surface area contributed by atoms with E-state index in [4.69, 9.17) is 18.9 Å². The molecule has 124 valence electrons. The molecule has 3 aliphatic rings. The number of rotatable bonds is 3. The van der Waals surface area contributed by atoms with Gasteiger partial charge in [0.25, 0.3) is 0 Å². The van der Waals surface area contributed by atoms with E-state index in [2.05, 4.69) is 11.4 Å². The smallest absolute Gasteiger partial charge is 0.211 e. The zero-order valence-corrected chi connectivity index (χ0v) is 13.8. The Morgan fingerprint density at radius 1 is 1.00 bits per heavy atom. The number of nitrogens with one attached hydrogen (secondary N) is 1. The van der Waals surface area contributed by atoms with Gasteiger partial charge in [-0.05, 0) is 18.2 Å². The lowest BCUT2D eigenvalue weighted by Crippen LogP contribution is -2.51. The van der Waals surface area contributed by atoms with Gasteiger partial charge in [0.05, 0.1) is 27.6 Å². The molecule has 0 aromatic heterocycles. The van der Waals surface area contributed by atoms with E-state index < -0.39 is 5.60 Å². The zero-order valence-electron chi connectivity index (χ0n) is 13.8. The van der Waals surface area contributed by atoms with Gasteiger partial charge in [-0.3, -0.25) is 0 Å². The van der Waals surface area contributed by atoms with Gasteiger partial charge < -0.3 is 24.3 Å². The largest absolute Gasteiger partial charge is 0.493 e. The molecule has 24 heavy (non-hydrogen) atoms. The highest BCUT2D eigenvalue weighted by Crippen LogP contribution is 2.51. The molecule has 4 rings (SSSR count). The monoisotopic (exact) mass is 325 g/mol. The number of anilines is 1. The Bertz CT molecular complexity index is 805. The van der Waals surface area contributed by atoms with Crippen molar-refractivity contribution in [2.45, 2.75) is 11.6 Å². The molecular formula is C19H19NO4. The summed E-state index contributed by atoms with van der Waals surface area (Å²) in [4.78, 5) is 0. The van der Waals surface area contributed by atoms with Crippen molar-refractivity contribution in [3.05, 3.63) is 71.6 Å². The van der Waals surface area contributed by atoms with E-state index in [0.717, 1.165) is 16.8 Å². The summed E-state index contributed by atoms with van der Waals surface area (Å²) in [7, 11) is 4.87. The van der Waals surface area contributed by atoms with Crippen molar-refractivity contribution in [2.75, 3.05) is 26.6 Å². The first-order valence-corrected chi connectivity index (χ1v) is 7.76. The molecule has 0 saturated carbocycles. The van der Waals surface area contributed by atoms with Crippen LogP contribution in [0.3, 0.4) is 0 Å². The molecule has 1 aromatic carbocycles. The van der Waals surface area contributed by atoms with Crippen LogP contribution in [0, 0.1) is 0 Å². The first-order chi connectivity index (χ1) is 11.8. The molecule has 5 heteroatoms. The molecule has 1 aromatic rings. The number of para-hydroxylation sites is 1. The van der Waals surface area contributed by atoms with Crippen LogP contribution in [0.1, 0.15) is 5.56 Å². The molecule has 1 spiro atoms. The lowest BCUT2D eigenvalue weighted by molar-refractivity contribution is 0.0241. The topological polar surface area (TPSA) is 49.0 Å². The van der Waals surface area contributed by atoms with Crippen LogP contribution in [-0.2, 0) is 18.9 Å². The van der Waals surface area contributed by atoms with Gasteiger partial charge in [-0.25, -0.2) is 0 Å². The van der Waals surface area contributed by atoms with Crippen molar-refractivity contribution in [3.63, 3.8) is 0 Å². The third kappa shape index (κ3) is 1.75.